The molecule has 0 aromatic heterocycles. The lowest BCUT2D eigenvalue weighted by Gasteiger charge is -2.00. The average Bonchev–Trinajstić information content (AvgIpc) is 2.48. The maximum Gasteiger partial charge on any atom is 0.868 e. The molecule has 6 nitrogen and oxygen atoms in total. The molecule has 0 amide bonds. The van der Waals surface area contributed by atoms with Crippen molar-refractivity contribution in [2.75, 3.05) is 0 Å². The summed E-state index contributed by atoms with van der Waals surface area (Å²) in [6.45, 7) is 1.75. The van der Waals surface area contributed by atoms with Crippen molar-refractivity contribution in [1.29, 1.82) is 0 Å². The molecule has 1 aliphatic rings. The van der Waals surface area contributed by atoms with Gasteiger partial charge in [0.25, 0.3) is 0 Å². The summed E-state index contributed by atoms with van der Waals surface area (Å²) < 4.78 is 13.3. The number of carbonyl (C=O) groups excluding carboxylic acids is 3. The second-order valence-corrected chi connectivity index (χ2v) is 2.40. The zero-order chi connectivity index (χ0) is 10.6. The van der Waals surface area contributed by atoms with E-state index in [1.165, 1.54) is 0 Å². The van der Waals surface area contributed by atoms with Gasteiger partial charge in [0, 0.05) is 5.57 Å². The van der Waals surface area contributed by atoms with Crippen LogP contribution in [-0.4, -0.2) is 25.5 Å². The molecule has 14 heavy (non-hydrogen) atoms. The fourth-order valence-electron chi connectivity index (χ4n) is 0.688. The molecule has 0 bridgehead atoms. The first kappa shape index (κ1) is 10.3. The summed E-state index contributed by atoms with van der Waals surface area (Å²) in [5.74, 6) is -2.21. The second-order valence-electron chi connectivity index (χ2n) is 2.40. The minimum Gasteiger partial charge on any atom is -0.496 e. The SMILES string of the molecule is CC/C(C=O)=C/OB1OC(=O)C(=O)O1. The Balaban J connectivity index is 2.47. The molecule has 0 spiro atoms. The van der Waals surface area contributed by atoms with Crippen LogP contribution in [0.3, 0.4) is 0 Å². The van der Waals surface area contributed by atoms with Gasteiger partial charge in [-0.2, -0.15) is 0 Å². The Hall–Kier alpha value is -1.79. The van der Waals surface area contributed by atoms with Gasteiger partial charge in [0.15, 0.2) is 0 Å². The van der Waals surface area contributed by atoms with Crippen LogP contribution in [0.1, 0.15) is 13.3 Å². The minimum atomic E-state index is -1.38. The summed E-state index contributed by atoms with van der Waals surface area (Å²) in [7, 11) is -1.38. The second kappa shape index (κ2) is 4.45. The number of carbonyl (C=O) groups is 3. The Morgan fingerprint density at radius 1 is 1.43 bits per heavy atom. The molecule has 1 heterocycles. The van der Waals surface area contributed by atoms with Crippen LogP contribution < -0.4 is 0 Å². The van der Waals surface area contributed by atoms with Gasteiger partial charge in [0.1, 0.15) is 6.29 Å². The lowest BCUT2D eigenvalue weighted by molar-refractivity contribution is -0.150. The van der Waals surface area contributed by atoms with Crippen molar-refractivity contribution < 1.29 is 28.3 Å². The molecule has 0 aromatic carbocycles. The van der Waals surface area contributed by atoms with Crippen LogP contribution in [0.15, 0.2) is 11.8 Å². The highest BCUT2D eigenvalue weighted by atomic mass is 16.8. The maximum atomic E-state index is 10.5. The first-order valence-corrected chi connectivity index (χ1v) is 3.88. The molecule has 0 N–H and O–H groups in total. The number of allylic oxidation sites excluding steroid dienone is 1. The van der Waals surface area contributed by atoms with Gasteiger partial charge in [-0.25, -0.2) is 9.59 Å². The molecule has 1 fully saturated rings. The molecule has 0 radical (unpaired) electrons. The third-order valence-electron chi connectivity index (χ3n) is 1.46. The molecule has 7 heteroatoms. The summed E-state index contributed by atoms with van der Waals surface area (Å²) in [6.07, 6.45) is 2.15. The van der Waals surface area contributed by atoms with E-state index in [2.05, 4.69) is 9.31 Å². The van der Waals surface area contributed by atoms with Crippen LogP contribution in [0.2, 0.25) is 0 Å². The highest BCUT2D eigenvalue weighted by molar-refractivity contribution is 6.55. The van der Waals surface area contributed by atoms with Crippen molar-refractivity contribution in [2.24, 2.45) is 0 Å². The fraction of sp³-hybridized carbons (Fsp3) is 0.286. The van der Waals surface area contributed by atoms with Gasteiger partial charge in [-0.15, -0.1) is 0 Å². The molecule has 1 rings (SSSR count). The summed E-state index contributed by atoms with van der Waals surface area (Å²) in [4.78, 5) is 31.3. The number of aldehydes is 1. The van der Waals surface area contributed by atoms with Crippen LogP contribution in [0.4, 0.5) is 0 Å². The fourth-order valence-corrected chi connectivity index (χ4v) is 0.688. The molecular weight excluding hydrogens is 191 g/mol. The van der Waals surface area contributed by atoms with Crippen molar-refractivity contribution in [1.82, 2.24) is 0 Å². The van der Waals surface area contributed by atoms with E-state index in [1.807, 2.05) is 0 Å². The quantitative estimate of drug-likeness (QED) is 0.200. The Labute approximate surface area is 80.0 Å². The van der Waals surface area contributed by atoms with Gasteiger partial charge < -0.3 is 14.0 Å². The molecule has 0 unspecified atom stereocenters. The lowest BCUT2D eigenvalue weighted by Crippen LogP contribution is -2.17. The van der Waals surface area contributed by atoms with Gasteiger partial charge in [-0.3, -0.25) is 4.79 Å². The predicted octanol–water partition coefficient (Wildman–Crippen LogP) is -0.419. The monoisotopic (exact) mass is 198 g/mol. The smallest absolute Gasteiger partial charge is 0.496 e. The van der Waals surface area contributed by atoms with Crippen molar-refractivity contribution >= 4 is 25.5 Å². The van der Waals surface area contributed by atoms with E-state index in [0.717, 1.165) is 6.26 Å². The Morgan fingerprint density at radius 3 is 2.43 bits per heavy atom. The Kier molecular flexibility index (Phi) is 3.27. The van der Waals surface area contributed by atoms with Gasteiger partial charge in [-0.05, 0) is 6.42 Å². The molecule has 1 aliphatic heterocycles. The number of hydrogen-bond donors (Lipinski definition) is 0. The van der Waals surface area contributed by atoms with Gasteiger partial charge in [0.05, 0.1) is 6.26 Å². The normalized spacial score (nSPS) is 16.4. The zero-order valence-corrected chi connectivity index (χ0v) is 7.39. The van der Waals surface area contributed by atoms with Crippen molar-refractivity contribution in [3.8, 4) is 0 Å². The van der Waals surface area contributed by atoms with Gasteiger partial charge >= 0.3 is 19.3 Å². The van der Waals surface area contributed by atoms with Gasteiger partial charge in [-0.1, -0.05) is 6.92 Å². The predicted molar refractivity (Wildman–Crippen MR) is 43.5 cm³/mol. The van der Waals surface area contributed by atoms with E-state index in [9.17, 15) is 14.4 Å². The van der Waals surface area contributed by atoms with E-state index < -0.39 is 19.3 Å². The van der Waals surface area contributed by atoms with E-state index in [-0.39, 0.29) is 0 Å². The number of hydrogen-bond acceptors (Lipinski definition) is 6. The summed E-state index contributed by atoms with van der Waals surface area (Å²) in [5, 5.41) is 0. The van der Waals surface area contributed by atoms with Crippen LogP contribution in [0.25, 0.3) is 0 Å². The topological polar surface area (TPSA) is 78.9 Å². The lowest BCUT2D eigenvalue weighted by atomic mass is 10.2. The largest absolute Gasteiger partial charge is 0.868 e. The molecule has 74 valence electrons. The molecule has 0 saturated carbocycles. The summed E-state index contributed by atoms with van der Waals surface area (Å²) in [5.41, 5.74) is 0.365. The molecule has 0 aromatic rings. The number of rotatable bonds is 4. The van der Waals surface area contributed by atoms with E-state index in [1.54, 1.807) is 6.92 Å². The van der Waals surface area contributed by atoms with Crippen LogP contribution in [0, 0.1) is 0 Å². The molecule has 1 saturated heterocycles. The van der Waals surface area contributed by atoms with Crippen LogP contribution in [-0.2, 0) is 28.3 Å². The Morgan fingerprint density at radius 2 is 2.00 bits per heavy atom. The average molecular weight is 198 g/mol. The summed E-state index contributed by atoms with van der Waals surface area (Å²) in [6, 6.07) is 0. The highest BCUT2D eigenvalue weighted by Gasteiger charge is 2.45. The van der Waals surface area contributed by atoms with E-state index >= 15 is 0 Å². The van der Waals surface area contributed by atoms with Gasteiger partial charge in [0.2, 0.25) is 0 Å². The van der Waals surface area contributed by atoms with Crippen molar-refractivity contribution in [3.63, 3.8) is 0 Å². The third-order valence-corrected chi connectivity index (χ3v) is 1.46. The molecule has 0 atom stereocenters. The Bertz CT molecular complexity index is 281. The van der Waals surface area contributed by atoms with Crippen molar-refractivity contribution in [2.45, 2.75) is 13.3 Å². The molecule has 0 aliphatic carbocycles. The third kappa shape index (κ3) is 2.35. The van der Waals surface area contributed by atoms with E-state index in [0.29, 0.717) is 18.3 Å². The minimum absolute atomic E-state index is 0.365. The van der Waals surface area contributed by atoms with E-state index in [4.69, 9.17) is 4.65 Å². The summed E-state index contributed by atoms with van der Waals surface area (Å²) >= 11 is 0. The van der Waals surface area contributed by atoms with Crippen molar-refractivity contribution in [3.05, 3.63) is 11.8 Å². The highest BCUT2D eigenvalue weighted by Crippen LogP contribution is 2.06. The van der Waals surface area contributed by atoms with Crippen LogP contribution >= 0.6 is 0 Å². The first-order chi connectivity index (χ1) is 6.67. The van der Waals surface area contributed by atoms with Crippen LogP contribution in [0.5, 0.6) is 0 Å². The zero-order valence-electron chi connectivity index (χ0n) is 7.39. The first-order valence-electron chi connectivity index (χ1n) is 3.88. The standard InChI is InChI=1S/C7H7BO6/c1-2-5(3-9)4-12-8-13-6(10)7(11)14-8/h3-4H,2H2,1H3/b5-4-. The maximum absolute atomic E-state index is 10.5. The molecular formula is C7H7BO6.